The maximum atomic E-state index is 12.4. The third kappa shape index (κ3) is 3.08. The molecule has 0 aliphatic heterocycles. The van der Waals surface area contributed by atoms with Crippen LogP contribution in [0.3, 0.4) is 0 Å². The summed E-state index contributed by atoms with van der Waals surface area (Å²) in [6.07, 6.45) is 3.41. The Bertz CT molecular complexity index is 615. The van der Waals surface area contributed by atoms with Gasteiger partial charge in [0, 0.05) is 28.4 Å². The lowest BCUT2D eigenvalue weighted by Crippen LogP contribution is -2.28. The van der Waals surface area contributed by atoms with Gasteiger partial charge in [-0.3, -0.25) is 0 Å². The quantitative estimate of drug-likeness (QED) is 0.847. The smallest absolute Gasteiger partial charge is 0.241 e. The molecule has 0 spiro atoms. The van der Waals surface area contributed by atoms with Gasteiger partial charge in [-0.1, -0.05) is 13.8 Å². The molecule has 1 heterocycles. The highest BCUT2D eigenvalue weighted by molar-refractivity contribution is 7.89. The van der Waals surface area contributed by atoms with E-state index in [4.69, 9.17) is 0 Å². The monoisotopic (exact) mass is 314 g/mol. The van der Waals surface area contributed by atoms with E-state index in [1.807, 2.05) is 13.0 Å². The Labute approximate surface area is 125 Å². The summed E-state index contributed by atoms with van der Waals surface area (Å²) in [6, 6.07) is 2.55. The van der Waals surface area contributed by atoms with Crippen molar-refractivity contribution in [2.45, 2.75) is 63.6 Å². The molecule has 4 nitrogen and oxygen atoms in total. The van der Waals surface area contributed by atoms with Crippen molar-refractivity contribution in [2.75, 3.05) is 0 Å². The molecule has 0 radical (unpaired) electrons. The van der Waals surface area contributed by atoms with Gasteiger partial charge in [0.15, 0.2) is 0 Å². The molecule has 6 heteroatoms. The van der Waals surface area contributed by atoms with Crippen LogP contribution in [0, 0.1) is 12.3 Å². The number of nitrogens with one attached hydrogen (secondary N) is 2. The summed E-state index contributed by atoms with van der Waals surface area (Å²) in [5.74, 6) is 0. The molecule has 3 rings (SSSR count). The van der Waals surface area contributed by atoms with Crippen molar-refractivity contribution in [1.82, 2.24) is 10.0 Å². The van der Waals surface area contributed by atoms with Crippen molar-refractivity contribution in [1.29, 1.82) is 0 Å². The summed E-state index contributed by atoms with van der Waals surface area (Å²) in [4.78, 5) is 2.44. The molecule has 2 aliphatic carbocycles. The first-order valence-corrected chi connectivity index (χ1v) is 9.43. The van der Waals surface area contributed by atoms with Gasteiger partial charge in [-0.05, 0) is 37.7 Å². The highest BCUT2D eigenvalue weighted by Gasteiger charge is 2.48. The highest BCUT2D eigenvalue weighted by atomic mass is 32.2. The predicted molar refractivity (Wildman–Crippen MR) is 81.4 cm³/mol. The Morgan fingerprint density at radius 2 is 2.05 bits per heavy atom. The number of hydrogen-bond donors (Lipinski definition) is 2. The molecule has 1 atom stereocenters. The molecular weight excluding hydrogens is 292 g/mol. The van der Waals surface area contributed by atoms with E-state index in [1.54, 1.807) is 11.3 Å². The summed E-state index contributed by atoms with van der Waals surface area (Å²) >= 11 is 1.58. The lowest BCUT2D eigenvalue weighted by atomic mass is 10.2. The fourth-order valence-electron chi connectivity index (χ4n) is 2.33. The van der Waals surface area contributed by atoms with Crippen LogP contribution in [0.25, 0.3) is 0 Å². The number of rotatable bonds is 6. The first kappa shape index (κ1) is 14.5. The Kier molecular flexibility index (Phi) is 3.48. The normalized spacial score (nSPS) is 24.9. The SMILES string of the molecule is Cc1sc(CNC2CC2)cc1S(=O)(=O)NC1CC1(C)C. The van der Waals surface area contributed by atoms with Crippen LogP contribution in [0.2, 0.25) is 0 Å². The fraction of sp³-hybridized carbons (Fsp3) is 0.714. The molecular formula is C14H22N2O2S2. The van der Waals surface area contributed by atoms with Gasteiger partial charge >= 0.3 is 0 Å². The Balaban J connectivity index is 1.71. The average molecular weight is 314 g/mol. The molecule has 1 unspecified atom stereocenters. The van der Waals surface area contributed by atoms with E-state index in [2.05, 4.69) is 23.9 Å². The van der Waals surface area contributed by atoms with E-state index in [-0.39, 0.29) is 11.5 Å². The zero-order valence-corrected chi connectivity index (χ0v) is 13.8. The van der Waals surface area contributed by atoms with Crippen molar-refractivity contribution in [2.24, 2.45) is 5.41 Å². The zero-order valence-electron chi connectivity index (χ0n) is 12.2. The molecule has 2 saturated carbocycles. The molecule has 1 aromatic heterocycles. The van der Waals surface area contributed by atoms with Crippen LogP contribution in [0.4, 0.5) is 0 Å². The molecule has 2 fully saturated rings. The third-order valence-electron chi connectivity index (χ3n) is 4.17. The minimum Gasteiger partial charge on any atom is -0.309 e. The largest absolute Gasteiger partial charge is 0.309 e. The van der Waals surface area contributed by atoms with Gasteiger partial charge in [-0.2, -0.15) is 0 Å². The molecule has 20 heavy (non-hydrogen) atoms. The first-order valence-electron chi connectivity index (χ1n) is 7.13. The predicted octanol–water partition coefficient (Wildman–Crippen LogP) is 2.39. The number of thiophene rings is 1. The standard InChI is InChI=1S/C14H22N2O2S2/c1-9-12(6-11(19-9)8-15-10-4-5-10)20(17,18)16-13-7-14(13,2)3/h6,10,13,15-16H,4-5,7-8H2,1-3H3. The van der Waals surface area contributed by atoms with Gasteiger partial charge in [0.2, 0.25) is 10.0 Å². The second-order valence-corrected chi connectivity index (χ2v) is 9.68. The van der Waals surface area contributed by atoms with E-state index in [9.17, 15) is 8.42 Å². The topological polar surface area (TPSA) is 58.2 Å². The third-order valence-corrected chi connectivity index (χ3v) is 6.94. The van der Waals surface area contributed by atoms with E-state index < -0.39 is 10.0 Å². The van der Waals surface area contributed by atoms with Gasteiger partial charge in [0.05, 0.1) is 4.90 Å². The van der Waals surface area contributed by atoms with Gasteiger partial charge in [0.25, 0.3) is 0 Å². The van der Waals surface area contributed by atoms with E-state index in [0.29, 0.717) is 10.9 Å². The number of sulfonamides is 1. The van der Waals surface area contributed by atoms with Crippen molar-refractivity contribution in [3.05, 3.63) is 15.8 Å². The molecule has 1 aromatic rings. The van der Waals surface area contributed by atoms with E-state index in [1.165, 1.54) is 12.8 Å². The lowest BCUT2D eigenvalue weighted by molar-refractivity contribution is 0.555. The summed E-state index contributed by atoms with van der Waals surface area (Å²) < 4.78 is 27.7. The zero-order chi connectivity index (χ0) is 14.5. The first-order chi connectivity index (χ1) is 9.28. The van der Waals surface area contributed by atoms with Crippen LogP contribution in [0.1, 0.15) is 42.9 Å². The Morgan fingerprint density at radius 1 is 1.40 bits per heavy atom. The van der Waals surface area contributed by atoms with Crippen LogP contribution < -0.4 is 10.0 Å². The van der Waals surface area contributed by atoms with Crippen molar-refractivity contribution in [3.63, 3.8) is 0 Å². The minimum atomic E-state index is -3.37. The van der Waals surface area contributed by atoms with Gasteiger partial charge in [-0.25, -0.2) is 13.1 Å². The highest BCUT2D eigenvalue weighted by Crippen LogP contribution is 2.45. The van der Waals surface area contributed by atoms with E-state index >= 15 is 0 Å². The van der Waals surface area contributed by atoms with Crippen LogP contribution in [-0.2, 0) is 16.6 Å². The van der Waals surface area contributed by atoms with Gasteiger partial charge in [-0.15, -0.1) is 11.3 Å². The van der Waals surface area contributed by atoms with Gasteiger partial charge < -0.3 is 5.32 Å². The van der Waals surface area contributed by atoms with Crippen molar-refractivity contribution < 1.29 is 8.42 Å². The van der Waals surface area contributed by atoms with Crippen LogP contribution in [0.15, 0.2) is 11.0 Å². The number of aryl methyl sites for hydroxylation is 1. The lowest BCUT2D eigenvalue weighted by Gasteiger charge is -2.07. The maximum absolute atomic E-state index is 12.4. The fourth-order valence-corrected chi connectivity index (χ4v) is 5.32. The van der Waals surface area contributed by atoms with Gasteiger partial charge in [0.1, 0.15) is 0 Å². The molecule has 2 N–H and O–H groups in total. The molecule has 0 aromatic carbocycles. The second kappa shape index (κ2) is 4.80. The molecule has 0 bridgehead atoms. The maximum Gasteiger partial charge on any atom is 0.241 e. The van der Waals surface area contributed by atoms with Crippen LogP contribution >= 0.6 is 11.3 Å². The summed E-state index contributed by atoms with van der Waals surface area (Å²) in [5, 5.41) is 3.43. The summed E-state index contributed by atoms with van der Waals surface area (Å²) in [6.45, 7) is 6.84. The molecule has 0 saturated heterocycles. The Morgan fingerprint density at radius 3 is 2.60 bits per heavy atom. The number of hydrogen-bond acceptors (Lipinski definition) is 4. The average Bonchev–Trinajstić information content (AvgIpc) is 3.20. The van der Waals surface area contributed by atoms with Crippen molar-refractivity contribution >= 4 is 21.4 Å². The van der Waals surface area contributed by atoms with Crippen LogP contribution in [-0.4, -0.2) is 20.5 Å². The van der Waals surface area contributed by atoms with Crippen LogP contribution in [0.5, 0.6) is 0 Å². The van der Waals surface area contributed by atoms with Crippen molar-refractivity contribution in [3.8, 4) is 0 Å². The minimum absolute atomic E-state index is 0.0832. The Hall–Kier alpha value is -0.430. The summed E-state index contributed by atoms with van der Waals surface area (Å²) in [7, 11) is -3.37. The molecule has 2 aliphatic rings. The summed E-state index contributed by atoms with van der Waals surface area (Å²) in [5.41, 5.74) is 0.105. The van der Waals surface area contributed by atoms with E-state index in [0.717, 1.165) is 22.7 Å². The second-order valence-electron chi connectivity index (χ2n) is 6.65. The molecule has 0 amide bonds. The molecule has 112 valence electrons.